The summed E-state index contributed by atoms with van der Waals surface area (Å²) < 4.78 is 199. The Balaban J connectivity index is 5.68. The van der Waals surface area contributed by atoms with Gasteiger partial charge in [0.05, 0.1) is 0 Å². The Morgan fingerprint density at radius 2 is 0.833 bits per heavy atom. The van der Waals surface area contributed by atoms with Crippen LogP contribution in [0.1, 0.15) is 71.6 Å². The van der Waals surface area contributed by atoms with E-state index in [4.69, 9.17) is 0 Å². The van der Waals surface area contributed by atoms with Gasteiger partial charge in [0, 0.05) is 9.84 Å². The average Bonchev–Trinajstić information content (AvgIpc) is 2.73. The van der Waals surface area contributed by atoms with Crippen molar-refractivity contribution in [3.05, 3.63) is 0 Å². The van der Waals surface area contributed by atoms with Gasteiger partial charge in [-0.25, -0.2) is 0 Å². The summed E-state index contributed by atoms with van der Waals surface area (Å²) in [5, 5.41) is 0. The number of hydrogen-bond acceptors (Lipinski definition) is 0. The van der Waals surface area contributed by atoms with Crippen molar-refractivity contribution in [2.24, 2.45) is 5.92 Å². The first-order chi connectivity index (χ1) is 15.9. The Kier molecular flexibility index (Phi) is 12.1. The maximum atomic E-state index is 14.3. The predicted octanol–water partition coefficient (Wildman–Crippen LogP) is 10.3. The number of hydrogen-bond donors (Lipinski definition) is 0. The van der Waals surface area contributed by atoms with Gasteiger partial charge in [-0.15, -0.1) is 0 Å². The standard InChI is InChI=1S/C20H26F15I/c1-3-4-5-6-7-8-9-10-11-13(36)12(2)14(21,22)15(23,24)16(25,26)17(27,28)18(29,30)19(31,32)20(33,34)35/h12-13H,3-11H2,1-2H3. The minimum Gasteiger partial charge on any atom is -0.199 e. The smallest absolute Gasteiger partial charge is 0.199 e. The lowest BCUT2D eigenvalue weighted by molar-refractivity contribution is -0.454. The predicted molar refractivity (Wildman–Crippen MR) is 110 cm³/mol. The van der Waals surface area contributed by atoms with Gasteiger partial charge in [-0.05, 0) is 6.42 Å². The molecule has 0 saturated heterocycles. The van der Waals surface area contributed by atoms with Crippen LogP contribution in [-0.4, -0.2) is 45.6 Å². The van der Waals surface area contributed by atoms with Crippen LogP contribution in [-0.2, 0) is 0 Å². The molecule has 2 unspecified atom stereocenters. The summed E-state index contributed by atoms with van der Waals surface area (Å²) in [5.74, 6) is -48.9. The van der Waals surface area contributed by atoms with E-state index in [0.717, 1.165) is 54.7 Å². The van der Waals surface area contributed by atoms with E-state index < -0.39 is 51.6 Å². The molecule has 2 atom stereocenters. The van der Waals surface area contributed by atoms with Gasteiger partial charge in [0.25, 0.3) is 0 Å². The number of alkyl halides is 16. The molecular formula is C20H26F15I. The molecule has 0 aromatic rings. The van der Waals surface area contributed by atoms with Crippen LogP contribution in [0.4, 0.5) is 65.9 Å². The third-order valence-electron chi connectivity index (χ3n) is 5.80. The molecule has 0 nitrogen and oxygen atoms in total. The molecule has 218 valence electrons. The van der Waals surface area contributed by atoms with Crippen molar-refractivity contribution in [3.63, 3.8) is 0 Å². The van der Waals surface area contributed by atoms with Crippen molar-refractivity contribution < 1.29 is 65.9 Å². The summed E-state index contributed by atoms with van der Waals surface area (Å²) in [6.45, 7) is 2.22. The summed E-state index contributed by atoms with van der Waals surface area (Å²) in [6.07, 6.45) is -2.12. The highest BCUT2D eigenvalue weighted by atomic mass is 127. The first-order valence-corrected chi connectivity index (χ1v) is 12.1. The molecule has 16 heteroatoms. The highest BCUT2D eigenvalue weighted by Gasteiger charge is 2.93. The van der Waals surface area contributed by atoms with Crippen LogP contribution in [0.15, 0.2) is 0 Å². The third kappa shape index (κ3) is 6.63. The van der Waals surface area contributed by atoms with Crippen molar-refractivity contribution >= 4 is 22.6 Å². The minimum atomic E-state index is -8.23. The largest absolute Gasteiger partial charge is 0.460 e. The zero-order valence-electron chi connectivity index (χ0n) is 19.1. The Morgan fingerprint density at radius 3 is 1.22 bits per heavy atom. The van der Waals surface area contributed by atoms with E-state index in [-0.39, 0.29) is 19.8 Å². The van der Waals surface area contributed by atoms with Gasteiger partial charge in [0.15, 0.2) is 0 Å². The topological polar surface area (TPSA) is 0 Å². The normalized spacial score (nSPS) is 16.8. The SMILES string of the molecule is CCCCCCCCCCC(I)C(C)C(F)(F)C(F)(F)C(F)(F)C(F)(F)C(F)(F)C(F)(F)C(F)(F)F. The van der Waals surface area contributed by atoms with Crippen LogP contribution >= 0.6 is 22.6 Å². The fourth-order valence-electron chi connectivity index (χ4n) is 3.22. The lowest BCUT2D eigenvalue weighted by Crippen LogP contribution is -2.73. The average molecular weight is 678 g/mol. The summed E-state index contributed by atoms with van der Waals surface area (Å²) in [5.41, 5.74) is 0. The number of unbranched alkanes of at least 4 members (excludes halogenated alkanes) is 7. The molecule has 0 aliphatic rings. The lowest BCUT2D eigenvalue weighted by atomic mass is 9.84. The van der Waals surface area contributed by atoms with E-state index in [1.807, 2.05) is 6.92 Å². The highest BCUT2D eigenvalue weighted by molar-refractivity contribution is 14.1. The molecular weight excluding hydrogens is 652 g/mol. The highest BCUT2D eigenvalue weighted by Crippen LogP contribution is 2.63. The van der Waals surface area contributed by atoms with Crippen molar-refractivity contribution in [3.8, 4) is 0 Å². The summed E-state index contributed by atoms with van der Waals surface area (Å²) in [6, 6.07) is 0. The molecule has 0 N–H and O–H groups in total. The second-order valence-electron chi connectivity index (χ2n) is 8.56. The molecule has 0 heterocycles. The Hall–Kier alpha value is -0.320. The molecule has 0 spiro atoms. The quantitative estimate of drug-likeness (QED) is 0.0660. The van der Waals surface area contributed by atoms with Gasteiger partial charge in [0.2, 0.25) is 0 Å². The van der Waals surface area contributed by atoms with Crippen molar-refractivity contribution in [2.75, 3.05) is 0 Å². The van der Waals surface area contributed by atoms with Crippen LogP contribution in [0.3, 0.4) is 0 Å². The fraction of sp³-hybridized carbons (Fsp3) is 1.00. The van der Waals surface area contributed by atoms with Crippen LogP contribution < -0.4 is 0 Å². The third-order valence-corrected chi connectivity index (χ3v) is 7.50. The molecule has 0 fully saturated rings. The fourth-order valence-corrected chi connectivity index (χ4v) is 4.11. The summed E-state index contributed by atoms with van der Waals surface area (Å²) in [4.78, 5) is 0. The zero-order chi connectivity index (χ0) is 29.0. The van der Waals surface area contributed by atoms with Gasteiger partial charge in [-0.2, -0.15) is 65.9 Å². The van der Waals surface area contributed by atoms with Gasteiger partial charge in [-0.1, -0.05) is 87.8 Å². The van der Waals surface area contributed by atoms with E-state index in [0.29, 0.717) is 12.8 Å². The Morgan fingerprint density at radius 1 is 0.500 bits per heavy atom. The van der Waals surface area contributed by atoms with Gasteiger partial charge >= 0.3 is 41.7 Å². The summed E-state index contributed by atoms with van der Waals surface area (Å²) in [7, 11) is 0. The minimum absolute atomic E-state index is 0.135. The van der Waals surface area contributed by atoms with Crippen molar-refractivity contribution in [1.82, 2.24) is 0 Å². The second-order valence-corrected chi connectivity index (χ2v) is 10.2. The monoisotopic (exact) mass is 678 g/mol. The molecule has 0 bridgehead atoms. The molecule has 36 heavy (non-hydrogen) atoms. The van der Waals surface area contributed by atoms with E-state index in [9.17, 15) is 65.9 Å². The van der Waals surface area contributed by atoms with Crippen LogP contribution in [0.5, 0.6) is 0 Å². The van der Waals surface area contributed by atoms with Crippen molar-refractivity contribution in [2.45, 2.75) is 117 Å². The molecule has 0 saturated carbocycles. The van der Waals surface area contributed by atoms with Gasteiger partial charge < -0.3 is 0 Å². The maximum absolute atomic E-state index is 14.3. The number of rotatable bonds is 16. The van der Waals surface area contributed by atoms with Crippen LogP contribution in [0.25, 0.3) is 0 Å². The summed E-state index contributed by atoms with van der Waals surface area (Å²) >= 11 is 1.14. The van der Waals surface area contributed by atoms with E-state index in [2.05, 4.69) is 0 Å². The lowest BCUT2D eigenvalue weighted by Gasteiger charge is -2.43. The Labute approximate surface area is 211 Å². The molecule has 0 aromatic carbocycles. The van der Waals surface area contributed by atoms with Crippen LogP contribution in [0.2, 0.25) is 0 Å². The molecule has 0 aliphatic heterocycles. The van der Waals surface area contributed by atoms with Crippen molar-refractivity contribution in [1.29, 1.82) is 0 Å². The first-order valence-electron chi connectivity index (χ1n) is 10.9. The van der Waals surface area contributed by atoms with Gasteiger partial charge in [-0.3, -0.25) is 0 Å². The van der Waals surface area contributed by atoms with E-state index in [1.54, 1.807) is 0 Å². The zero-order valence-corrected chi connectivity index (χ0v) is 21.2. The molecule has 0 aliphatic carbocycles. The van der Waals surface area contributed by atoms with Crippen LogP contribution in [0, 0.1) is 5.92 Å². The Bertz CT molecular complexity index is 673. The molecule has 0 aromatic heterocycles. The number of halogens is 16. The molecule has 0 radical (unpaired) electrons. The first kappa shape index (κ1) is 35.7. The molecule has 0 amide bonds. The van der Waals surface area contributed by atoms with E-state index >= 15 is 0 Å². The van der Waals surface area contributed by atoms with E-state index in [1.165, 1.54) is 0 Å². The molecule has 0 rings (SSSR count). The second kappa shape index (κ2) is 12.2. The van der Waals surface area contributed by atoms with Gasteiger partial charge in [0.1, 0.15) is 0 Å². The maximum Gasteiger partial charge on any atom is 0.460 e.